The average molecular weight is 791 g/mol. The molecule has 16 heteroatoms. The SMILES string of the molecule is COc1ccc(-c2cn[nH]n2)cc1C(=O)N1CCC(CCN2CCC(NC(=O)N3CCN(CC(=O)O)CC3)(c3cccnc3)CC2)(c2ccc(Cl)c(Cl)c2)C1. The number of aromatic amines is 1. The van der Waals surface area contributed by atoms with Crippen LogP contribution in [0.4, 0.5) is 4.79 Å². The predicted octanol–water partition coefficient (Wildman–Crippen LogP) is 4.76. The van der Waals surface area contributed by atoms with Crippen molar-refractivity contribution >= 4 is 41.1 Å². The molecule has 2 aromatic heterocycles. The highest BCUT2D eigenvalue weighted by Gasteiger charge is 2.44. The van der Waals surface area contributed by atoms with Crippen molar-refractivity contribution in [3.63, 3.8) is 0 Å². The van der Waals surface area contributed by atoms with E-state index in [0.29, 0.717) is 79.2 Å². The number of H-pyrrole nitrogens is 1. The lowest BCUT2D eigenvalue weighted by molar-refractivity contribution is -0.138. The van der Waals surface area contributed by atoms with Gasteiger partial charge in [0.25, 0.3) is 5.91 Å². The van der Waals surface area contributed by atoms with Gasteiger partial charge in [0.05, 0.1) is 41.0 Å². The Morgan fingerprint density at radius 1 is 0.891 bits per heavy atom. The number of carbonyl (C=O) groups excluding carboxylic acids is 2. The van der Waals surface area contributed by atoms with Crippen molar-refractivity contribution in [2.45, 2.75) is 36.6 Å². The zero-order chi connectivity index (χ0) is 38.6. The number of pyridine rings is 1. The van der Waals surface area contributed by atoms with Gasteiger partial charge in [0.15, 0.2) is 0 Å². The van der Waals surface area contributed by atoms with Crippen LogP contribution >= 0.6 is 23.2 Å². The van der Waals surface area contributed by atoms with E-state index < -0.39 is 11.5 Å². The molecular weight excluding hydrogens is 745 g/mol. The van der Waals surface area contributed by atoms with Crippen molar-refractivity contribution in [2.75, 3.05) is 72.6 Å². The van der Waals surface area contributed by atoms with Crippen LogP contribution in [0.15, 0.2) is 67.1 Å². The Hall–Kier alpha value is -4.76. The van der Waals surface area contributed by atoms with Gasteiger partial charge in [0.1, 0.15) is 11.4 Å². The lowest BCUT2D eigenvalue weighted by atomic mass is 9.76. The maximum absolute atomic E-state index is 14.2. The Labute approximate surface area is 329 Å². The number of ether oxygens (including phenoxy) is 1. The molecule has 1 atom stereocenters. The summed E-state index contributed by atoms with van der Waals surface area (Å²) in [5.74, 6) is -0.502. The highest BCUT2D eigenvalue weighted by atomic mass is 35.5. The third-order valence-electron chi connectivity index (χ3n) is 11.5. The van der Waals surface area contributed by atoms with Gasteiger partial charge in [-0.1, -0.05) is 35.3 Å². The van der Waals surface area contributed by atoms with Gasteiger partial charge in [-0.25, -0.2) is 4.79 Å². The molecule has 2 aromatic carbocycles. The van der Waals surface area contributed by atoms with Crippen LogP contribution in [0.25, 0.3) is 11.3 Å². The van der Waals surface area contributed by atoms with E-state index in [1.807, 2.05) is 52.4 Å². The summed E-state index contributed by atoms with van der Waals surface area (Å²) in [5, 5.41) is 24.3. The van der Waals surface area contributed by atoms with Crippen LogP contribution < -0.4 is 10.1 Å². The number of rotatable bonds is 11. The van der Waals surface area contributed by atoms with E-state index in [-0.39, 0.29) is 23.9 Å². The number of aliphatic carboxylic acids is 1. The number of aromatic nitrogens is 4. The normalized spacial score (nSPS) is 20.3. The number of carbonyl (C=O) groups is 3. The first kappa shape index (κ1) is 38.5. The minimum Gasteiger partial charge on any atom is -0.496 e. The second kappa shape index (κ2) is 16.5. The summed E-state index contributed by atoms with van der Waals surface area (Å²) in [7, 11) is 1.56. The topological polar surface area (TPSA) is 160 Å². The molecule has 3 saturated heterocycles. The first-order valence-corrected chi connectivity index (χ1v) is 19.3. The van der Waals surface area contributed by atoms with Gasteiger partial charge in [-0.15, -0.1) is 0 Å². The lowest BCUT2D eigenvalue weighted by Gasteiger charge is -2.45. The number of hydrogen-bond donors (Lipinski definition) is 3. The van der Waals surface area contributed by atoms with E-state index in [0.717, 1.165) is 49.2 Å². The number of piperazine rings is 1. The minimum atomic E-state index is -0.868. The van der Waals surface area contributed by atoms with Crippen LogP contribution in [-0.4, -0.2) is 136 Å². The molecular formula is C39H45Cl2N9O5. The summed E-state index contributed by atoms with van der Waals surface area (Å²) in [5.41, 5.74) is 2.88. The number of nitrogens with one attached hydrogen (secondary N) is 2. The van der Waals surface area contributed by atoms with Crippen molar-refractivity contribution in [1.82, 2.24) is 45.3 Å². The molecule has 3 amide bonds. The zero-order valence-corrected chi connectivity index (χ0v) is 32.2. The number of urea groups is 1. The van der Waals surface area contributed by atoms with Gasteiger partial charge in [-0.3, -0.25) is 19.5 Å². The molecule has 3 aliphatic rings. The largest absolute Gasteiger partial charge is 0.496 e. The molecule has 0 saturated carbocycles. The molecule has 0 bridgehead atoms. The fraction of sp³-hybridized carbons (Fsp3) is 0.436. The number of carboxylic acid groups (broad SMARTS) is 1. The molecule has 5 heterocycles. The number of amides is 3. The Morgan fingerprint density at radius 2 is 1.69 bits per heavy atom. The first-order chi connectivity index (χ1) is 26.6. The van der Waals surface area contributed by atoms with Gasteiger partial charge in [0, 0.05) is 75.7 Å². The Kier molecular flexibility index (Phi) is 11.6. The van der Waals surface area contributed by atoms with Crippen LogP contribution in [0.5, 0.6) is 5.75 Å². The number of benzene rings is 2. The minimum absolute atomic E-state index is 0.0289. The number of likely N-dealkylation sites (tertiary alicyclic amines) is 2. The van der Waals surface area contributed by atoms with E-state index in [4.69, 9.17) is 27.9 Å². The molecule has 0 spiro atoms. The molecule has 3 fully saturated rings. The van der Waals surface area contributed by atoms with E-state index in [1.54, 1.807) is 36.5 Å². The van der Waals surface area contributed by atoms with Crippen molar-refractivity contribution in [2.24, 2.45) is 0 Å². The molecule has 3 N–H and O–H groups in total. The van der Waals surface area contributed by atoms with E-state index in [9.17, 15) is 19.5 Å². The highest BCUT2D eigenvalue weighted by molar-refractivity contribution is 6.42. The van der Waals surface area contributed by atoms with Gasteiger partial charge in [0.2, 0.25) is 0 Å². The number of halogens is 2. The third kappa shape index (κ3) is 8.42. The Bertz CT molecular complexity index is 1990. The second-order valence-corrected chi connectivity index (χ2v) is 15.5. The van der Waals surface area contributed by atoms with Crippen molar-refractivity contribution < 1.29 is 24.2 Å². The van der Waals surface area contributed by atoms with Crippen molar-refractivity contribution in [3.8, 4) is 17.0 Å². The van der Waals surface area contributed by atoms with Crippen LogP contribution in [0, 0.1) is 0 Å². The second-order valence-electron chi connectivity index (χ2n) is 14.7. The van der Waals surface area contributed by atoms with Gasteiger partial charge >= 0.3 is 12.0 Å². The summed E-state index contributed by atoms with van der Waals surface area (Å²) in [6.45, 7) is 5.23. The van der Waals surface area contributed by atoms with Crippen molar-refractivity contribution in [3.05, 3.63) is 93.9 Å². The van der Waals surface area contributed by atoms with Gasteiger partial charge < -0.3 is 29.9 Å². The monoisotopic (exact) mass is 789 g/mol. The molecule has 4 aromatic rings. The van der Waals surface area contributed by atoms with Gasteiger partial charge in [-0.05, 0) is 79.8 Å². The standard InChI is InChI=1S/C39H45Cl2N9O5/c1-55-34-7-4-27(33-24-43-46-45-33)21-30(34)36(53)50-16-9-38(26-50,28-5-6-31(40)32(41)22-28)8-13-47-14-10-39(11-15-47,29-3-2-12-42-23-29)44-37(54)49-19-17-48(18-20-49)25-35(51)52/h2-7,12,21-24H,8-11,13-20,25-26H2,1H3,(H,44,54)(H,51,52)(H,43,45,46). The van der Waals surface area contributed by atoms with E-state index >= 15 is 0 Å². The molecule has 3 aliphatic heterocycles. The number of carboxylic acids is 1. The smallest absolute Gasteiger partial charge is 0.318 e. The van der Waals surface area contributed by atoms with Crippen LogP contribution in [0.3, 0.4) is 0 Å². The summed E-state index contributed by atoms with van der Waals surface area (Å²) in [6.07, 6.45) is 8.08. The highest BCUT2D eigenvalue weighted by Crippen LogP contribution is 2.42. The molecule has 0 radical (unpaired) electrons. The van der Waals surface area contributed by atoms with Crippen LogP contribution in [-0.2, 0) is 15.7 Å². The average Bonchev–Trinajstić information content (AvgIpc) is 3.91. The third-order valence-corrected chi connectivity index (χ3v) is 12.2. The fourth-order valence-electron chi connectivity index (χ4n) is 8.25. The number of piperidine rings is 1. The van der Waals surface area contributed by atoms with Crippen LogP contribution in [0.1, 0.15) is 47.2 Å². The summed E-state index contributed by atoms with van der Waals surface area (Å²) >= 11 is 13.0. The first-order valence-electron chi connectivity index (χ1n) is 18.5. The maximum atomic E-state index is 14.2. The maximum Gasteiger partial charge on any atom is 0.318 e. The number of hydrogen-bond acceptors (Lipinski definition) is 9. The van der Waals surface area contributed by atoms with E-state index in [1.165, 1.54) is 0 Å². The molecule has 55 heavy (non-hydrogen) atoms. The summed E-state index contributed by atoms with van der Waals surface area (Å²) in [4.78, 5) is 51.5. The summed E-state index contributed by atoms with van der Waals surface area (Å²) in [6, 6.07) is 15.0. The molecule has 7 rings (SSSR count). The lowest BCUT2D eigenvalue weighted by Crippen LogP contribution is -2.59. The molecule has 290 valence electrons. The zero-order valence-electron chi connectivity index (χ0n) is 30.7. The number of methoxy groups -OCH3 is 1. The predicted molar refractivity (Wildman–Crippen MR) is 207 cm³/mol. The molecule has 1 unspecified atom stereocenters. The quantitative estimate of drug-likeness (QED) is 0.193. The van der Waals surface area contributed by atoms with E-state index in [2.05, 4.69) is 30.6 Å². The molecule has 14 nitrogen and oxygen atoms in total. The number of nitrogens with zero attached hydrogens (tertiary/aromatic N) is 7. The fourth-order valence-corrected chi connectivity index (χ4v) is 8.55. The van der Waals surface area contributed by atoms with Gasteiger partial charge in [-0.2, -0.15) is 15.4 Å². The Morgan fingerprint density at radius 3 is 2.36 bits per heavy atom. The Balaban J connectivity index is 1.06. The molecule has 0 aliphatic carbocycles. The summed E-state index contributed by atoms with van der Waals surface area (Å²) < 4.78 is 5.63. The van der Waals surface area contributed by atoms with Crippen LogP contribution in [0.2, 0.25) is 10.0 Å². The van der Waals surface area contributed by atoms with Crippen molar-refractivity contribution in [1.29, 1.82) is 0 Å².